The zero-order valence-electron chi connectivity index (χ0n) is 13.8. The van der Waals surface area contributed by atoms with Crippen LogP contribution in [0.15, 0.2) is 76.7 Å². The van der Waals surface area contributed by atoms with Gasteiger partial charge in [0.05, 0.1) is 0 Å². The Labute approximate surface area is 150 Å². The molecule has 1 heterocycles. The van der Waals surface area contributed by atoms with Gasteiger partial charge in [0.2, 0.25) is 0 Å². The quantitative estimate of drug-likeness (QED) is 0.498. The van der Waals surface area contributed by atoms with Crippen molar-refractivity contribution in [1.29, 1.82) is 0 Å². The van der Waals surface area contributed by atoms with Gasteiger partial charge in [-0.25, -0.2) is 15.0 Å². The Bertz CT molecular complexity index is 883. The molecule has 0 unspecified atom stereocenters. The molecule has 0 fully saturated rings. The van der Waals surface area contributed by atoms with Crippen LogP contribution in [0.3, 0.4) is 0 Å². The van der Waals surface area contributed by atoms with Gasteiger partial charge in [-0.3, -0.25) is 9.59 Å². The minimum absolute atomic E-state index is 0.537. The molecule has 0 radical (unpaired) electrons. The SMILES string of the molecule is O=Cc1ccc(/C=N/c2cccc(/N=C/c3ccc(C=O)cc3)n2)cc1. The number of nitrogens with zero attached hydrogens (tertiary/aromatic N) is 3. The summed E-state index contributed by atoms with van der Waals surface area (Å²) in [6.07, 6.45) is 4.97. The van der Waals surface area contributed by atoms with Gasteiger partial charge >= 0.3 is 0 Å². The van der Waals surface area contributed by atoms with Gasteiger partial charge in [-0.15, -0.1) is 0 Å². The summed E-state index contributed by atoms with van der Waals surface area (Å²) in [6.45, 7) is 0. The molecule has 26 heavy (non-hydrogen) atoms. The second-order valence-corrected chi connectivity index (χ2v) is 5.44. The van der Waals surface area contributed by atoms with Crippen LogP contribution in [-0.4, -0.2) is 30.0 Å². The van der Waals surface area contributed by atoms with Crippen molar-refractivity contribution < 1.29 is 9.59 Å². The molecule has 0 aliphatic carbocycles. The summed E-state index contributed by atoms with van der Waals surface area (Å²) < 4.78 is 0. The molecular formula is C21H15N3O2. The van der Waals surface area contributed by atoms with Crippen molar-refractivity contribution in [3.05, 3.63) is 89.0 Å². The van der Waals surface area contributed by atoms with Gasteiger partial charge in [0, 0.05) is 23.6 Å². The molecule has 0 N–H and O–H groups in total. The summed E-state index contributed by atoms with van der Waals surface area (Å²) in [5.74, 6) is 1.07. The van der Waals surface area contributed by atoms with Gasteiger partial charge in [-0.05, 0) is 23.3 Å². The minimum Gasteiger partial charge on any atom is -0.298 e. The molecule has 0 spiro atoms. The van der Waals surface area contributed by atoms with Crippen LogP contribution < -0.4 is 0 Å². The summed E-state index contributed by atoms with van der Waals surface area (Å²) in [5, 5.41) is 0. The van der Waals surface area contributed by atoms with E-state index >= 15 is 0 Å². The number of pyridine rings is 1. The predicted octanol–water partition coefficient (Wildman–Crippen LogP) is 4.21. The first-order valence-electron chi connectivity index (χ1n) is 7.92. The minimum atomic E-state index is 0.537. The Hall–Kier alpha value is -3.73. The normalized spacial score (nSPS) is 11.1. The monoisotopic (exact) mass is 341 g/mol. The fourth-order valence-corrected chi connectivity index (χ4v) is 2.16. The Morgan fingerprint density at radius 2 is 0.962 bits per heavy atom. The first-order valence-corrected chi connectivity index (χ1v) is 7.92. The van der Waals surface area contributed by atoms with Gasteiger partial charge in [-0.1, -0.05) is 54.6 Å². The predicted molar refractivity (Wildman–Crippen MR) is 102 cm³/mol. The van der Waals surface area contributed by atoms with Gasteiger partial charge in [-0.2, -0.15) is 0 Å². The molecule has 0 atom stereocenters. The summed E-state index contributed by atoms with van der Waals surface area (Å²) >= 11 is 0. The average Bonchev–Trinajstić information content (AvgIpc) is 2.72. The molecule has 0 aliphatic heterocycles. The lowest BCUT2D eigenvalue weighted by Crippen LogP contribution is -1.85. The molecule has 5 heteroatoms. The molecule has 126 valence electrons. The van der Waals surface area contributed by atoms with E-state index in [9.17, 15) is 9.59 Å². The number of hydrogen-bond donors (Lipinski definition) is 0. The molecule has 0 saturated heterocycles. The number of aldehydes is 2. The van der Waals surface area contributed by atoms with E-state index in [2.05, 4.69) is 15.0 Å². The molecule has 0 bridgehead atoms. The van der Waals surface area contributed by atoms with Crippen LogP contribution in [0.25, 0.3) is 0 Å². The molecule has 0 amide bonds. The van der Waals surface area contributed by atoms with E-state index in [-0.39, 0.29) is 0 Å². The van der Waals surface area contributed by atoms with E-state index < -0.39 is 0 Å². The van der Waals surface area contributed by atoms with E-state index in [1.807, 2.05) is 30.3 Å². The first-order chi connectivity index (χ1) is 12.8. The third-order valence-electron chi connectivity index (χ3n) is 3.56. The largest absolute Gasteiger partial charge is 0.298 e. The van der Waals surface area contributed by atoms with Crippen molar-refractivity contribution in [2.75, 3.05) is 0 Å². The second kappa shape index (κ2) is 8.39. The number of aliphatic imine (C=N–C) groups is 2. The van der Waals surface area contributed by atoms with Crippen LogP contribution in [0.4, 0.5) is 11.6 Å². The molecule has 0 saturated carbocycles. The van der Waals surface area contributed by atoms with E-state index in [0.717, 1.165) is 23.7 Å². The highest BCUT2D eigenvalue weighted by atomic mass is 16.1. The maximum atomic E-state index is 10.7. The fourth-order valence-electron chi connectivity index (χ4n) is 2.16. The van der Waals surface area contributed by atoms with E-state index in [0.29, 0.717) is 22.8 Å². The lowest BCUT2D eigenvalue weighted by atomic mass is 10.2. The highest BCUT2D eigenvalue weighted by molar-refractivity contribution is 5.85. The number of hydrogen-bond acceptors (Lipinski definition) is 5. The number of carbonyl (C=O) groups excluding carboxylic acids is 2. The maximum absolute atomic E-state index is 10.7. The van der Waals surface area contributed by atoms with Gasteiger partial charge in [0.15, 0.2) is 11.6 Å². The van der Waals surface area contributed by atoms with Crippen molar-refractivity contribution in [2.24, 2.45) is 9.98 Å². The van der Waals surface area contributed by atoms with E-state index in [4.69, 9.17) is 0 Å². The highest BCUT2D eigenvalue weighted by Gasteiger charge is 1.96. The lowest BCUT2D eigenvalue weighted by Gasteiger charge is -1.97. The van der Waals surface area contributed by atoms with Crippen LogP contribution >= 0.6 is 0 Å². The van der Waals surface area contributed by atoms with Crippen LogP contribution in [0.2, 0.25) is 0 Å². The summed E-state index contributed by atoms with van der Waals surface area (Å²) in [6, 6.07) is 19.6. The summed E-state index contributed by atoms with van der Waals surface area (Å²) in [4.78, 5) is 34.3. The van der Waals surface area contributed by atoms with E-state index in [1.54, 1.807) is 48.8 Å². The molecule has 3 aromatic rings. The maximum Gasteiger partial charge on any atom is 0.154 e. The summed E-state index contributed by atoms with van der Waals surface area (Å²) in [5.41, 5.74) is 3.00. The second-order valence-electron chi connectivity index (χ2n) is 5.44. The van der Waals surface area contributed by atoms with Crippen molar-refractivity contribution in [2.45, 2.75) is 0 Å². The molecular weight excluding hydrogens is 326 g/mol. The first kappa shape index (κ1) is 17.1. The average molecular weight is 341 g/mol. The molecule has 3 rings (SSSR count). The standard InChI is InChI=1S/C21H15N3O2/c25-14-18-8-4-16(5-9-18)12-22-20-2-1-3-21(24-20)23-13-17-6-10-19(15-26)11-7-17/h1-15H/b22-12+,23-13+. The van der Waals surface area contributed by atoms with Crippen LogP contribution in [0, 0.1) is 0 Å². The van der Waals surface area contributed by atoms with Gasteiger partial charge in [0.1, 0.15) is 12.6 Å². The van der Waals surface area contributed by atoms with Crippen LogP contribution in [0.5, 0.6) is 0 Å². The van der Waals surface area contributed by atoms with Crippen molar-refractivity contribution in [3.8, 4) is 0 Å². The zero-order chi connectivity index (χ0) is 18.2. The number of aromatic nitrogens is 1. The molecule has 1 aromatic heterocycles. The number of carbonyl (C=O) groups is 2. The van der Waals surface area contributed by atoms with Crippen molar-refractivity contribution >= 4 is 36.6 Å². The van der Waals surface area contributed by atoms with Gasteiger partial charge < -0.3 is 0 Å². The van der Waals surface area contributed by atoms with Crippen molar-refractivity contribution in [1.82, 2.24) is 4.98 Å². The number of rotatable bonds is 6. The third kappa shape index (κ3) is 4.64. The molecule has 5 nitrogen and oxygen atoms in total. The smallest absolute Gasteiger partial charge is 0.154 e. The molecule has 0 aliphatic rings. The Kier molecular flexibility index (Phi) is 5.52. The molecule has 2 aromatic carbocycles. The highest BCUT2D eigenvalue weighted by Crippen LogP contribution is 2.15. The Morgan fingerprint density at radius 1 is 0.577 bits per heavy atom. The van der Waals surface area contributed by atoms with E-state index in [1.165, 1.54) is 0 Å². The van der Waals surface area contributed by atoms with Gasteiger partial charge in [0.25, 0.3) is 0 Å². The number of benzene rings is 2. The zero-order valence-corrected chi connectivity index (χ0v) is 13.8. The van der Waals surface area contributed by atoms with Crippen LogP contribution in [0.1, 0.15) is 31.8 Å². The Balaban J connectivity index is 1.72. The van der Waals surface area contributed by atoms with Crippen molar-refractivity contribution in [3.63, 3.8) is 0 Å². The lowest BCUT2D eigenvalue weighted by molar-refractivity contribution is 0.111. The van der Waals surface area contributed by atoms with Crippen LogP contribution in [-0.2, 0) is 0 Å². The Morgan fingerprint density at radius 3 is 1.35 bits per heavy atom. The topological polar surface area (TPSA) is 71.8 Å². The third-order valence-corrected chi connectivity index (χ3v) is 3.56. The summed E-state index contributed by atoms with van der Waals surface area (Å²) in [7, 11) is 0. The fraction of sp³-hybridized carbons (Fsp3) is 0.